The monoisotopic (exact) mass is 290 g/mol. The third-order valence-corrected chi connectivity index (χ3v) is 2.95. The molecule has 20 heavy (non-hydrogen) atoms. The van der Waals surface area contributed by atoms with Crippen molar-refractivity contribution in [3.63, 3.8) is 0 Å². The van der Waals surface area contributed by atoms with E-state index in [1.807, 2.05) is 18.2 Å². The second kappa shape index (κ2) is 6.78. The Morgan fingerprint density at radius 2 is 1.95 bits per heavy atom. The SMILES string of the molecule is N#CCOc1ccc(CNc2ccc(Cl)c(F)c2)cc1. The summed E-state index contributed by atoms with van der Waals surface area (Å²) in [4.78, 5) is 0. The maximum atomic E-state index is 13.3. The van der Waals surface area contributed by atoms with Crippen LogP contribution in [0.15, 0.2) is 42.5 Å². The molecule has 0 atom stereocenters. The predicted molar refractivity (Wildman–Crippen MR) is 76.3 cm³/mol. The highest BCUT2D eigenvalue weighted by Crippen LogP contribution is 2.19. The first kappa shape index (κ1) is 14.2. The van der Waals surface area contributed by atoms with Gasteiger partial charge in [-0.05, 0) is 35.9 Å². The van der Waals surface area contributed by atoms with Crippen molar-refractivity contribution >= 4 is 17.3 Å². The summed E-state index contributed by atoms with van der Waals surface area (Å²) in [6.45, 7) is 0.585. The number of nitriles is 1. The van der Waals surface area contributed by atoms with Gasteiger partial charge in [0.15, 0.2) is 6.61 Å². The van der Waals surface area contributed by atoms with Gasteiger partial charge < -0.3 is 10.1 Å². The molecule has 2 aromatic carbocycles. The Kier molecular flexibility index (Phi) is 4.80. The first-order valence-electron chi connectivity index (χ1n) is 5.96. The Morgan fingerprint density at radius 1 is 1.20 bits per heavy atom. The van der Waals surface area contributed by atoms with Crippen molar-refractivity contribution in [3.05, 3.63) is 58.9 Å². The minimum absolute atomic E-state index is 0.0294. The van der Waals surface area contributed by atoms with Gasteiger partial charge in [0.1, 0.15) is 17.6 Å². The summed E-state index contributed by atoms with van der Waals surface area (Å²) in [5.74, 6) is 0.199. The number of hydrogen-bond donors (Lipinski definition) is 1. The third-order valence-electron chi connectivity index (χ3n) is 2.64. The van der Waals surface area contributed by atoms with Crippen molar-refractivity contribution in [2.45, 2.75) is 6.54 Å². The molecule has 102 valence electrons. The van der Waals surface area contributed by atoms with E-state index in [1.165, 1.54) is 12.1 Å². The highest BCUT2D eigenvalue weighted by Gasteiger charge is 2.01. The first-order valence-corrected chi connectivity index (χ1v) is 6.34. The molecule has 0 unspecified atom stereocenters. The molecule has 0 radical (unpaired) electrons. The summed E-state index contributed by atoms with van der Waals surface area (Å²) in [6, 6.07) is 13.8. The Bertz CT molecular complexity index is 623. The van der Waals surface area contributed by atoms with Crippen molar-refractivity contribution < 1.29 is 9.13 Å². The van der Waals surface area contributed by atoms with Crippen molar-refractivity contribution in [2.75, 3.05) is 11.9 Å². The number of nitrogens with zero attached hydrogens (tertiary/aromatic N) is 1. The number of hydrogen-bond acceptors (Lipinski definition) is 3. The molecule has 1 N–H and O–H groups in total. The summed E-state index contributed by atoms with van der Waals surface area (Å²) in [7, 11) is 0. The summed E-state index contributed by atoms with van der Waals surface area (Å²) >= 11 is 5.62. The maximum Gasteiger partial charge on any atom is 0.174 e. The van der Waals surface area contributed by atoms with E-state index < -0.39 is 5.82 Å². The van der Waals surface area contributed by atoms with Crippen LogP contribution < -0.4 is 10.1 Å². The standard InChI is InChI=1S/C15H12ClFN2O/c16-14-6-3-12(9-15(14)17)19-10-11-1-4-13(5-2-11)20-8-7-18/h1-6,9,19H,8,10H2. The lowest BCUT2D eigenvalue weighted by molar-refractivity contribution is 0.368. The first-order chi connectivity index (χ1) is 9.69. The van der Waals surface area contributed by atoms with Gasteiger partial charge in [0.05, 0.1) is 5.02 Å². The quantitative estimate of drug-likeness (QED) is 0.905. The lowest BCUT2D eigenvalue weighted by Gasteiger charge is -2.08. The third kappa shape index (κ3) is 3.87. The van der Waals surface area contributed by atoms with Gasteiger partial charge in [-0.15, -0.1) is 0 Å². The van der Waals surface area contributed by atoms with Crippen LogP contribution in [-0.4, -0.2) is 6.61 Å². The fraction of sp³-hybridized carbons (Fsp3) is 0.133. The summed E-state index contributed by atoms with van der Waals surface area (Å²) in [5, 5.41) is 11.6. The van der Waals surface area contributed by atoms with Crippen molar-refractivity contribution in [3.8, 4) is 11.8 Å². The largest absolute Gasteiger partial charge is 0.479 e. The molecule has 0 heterocycles. The second-order valence-corrected chi connectivity index (χ2v) is 4.48. The number of anilines is 1. The van der Waals surface area contributed by atoms with Crippen LogP contribution in [0.3, 0.4) is 0 Å². The van der Waals surface area contributed by atoms with Gasteiger partial charge in [0.2, 0.25) is 0 Å². The number of halogens is 2. The zero-order valence-electron chi connectivity index (χ0n) is 10.6. The molecule has 0 aliphatic rings. The molecule has 0 aliphatic heterocycles. The van der Waals surface area contributed by atoms with Crippen molar-refractivity contribution in [2.24, 2.45) is 0 Å². The molecule has 0 fully saturated rings. The highest BCUT2D eigenvalue weighted by atomic mass is 35.5. The van der Waals surface area contributed by atoms with E-state index in [0.29, 0.717) is 18.0 Å². The smallest absolute Gasteiger partial charge is 0.174 e. The molecule has 3 nitrogen and oxygen atoms in total. The van der Waals surface area contributed by atoms with Gasteiger partial charge in [-0.25, -0.2) is 4.39 Å². The predicted octanol–water partition coefficient (Wildman–Crippen LogP) is 3.99. The van der Waals surface area contributed by atoms with Gasteiger partial charge in [-0.3, -0.25) is 0 Å². The molecule has 2 rings (SSSR count). The highest BCUT2D eigenvalue weighted by molar-refractivity contribution is 6.30. The average molecular weight is 291 g/mol. The molecule has 5 heteroatoms. The molecular formula is C15H12ClFN2O. The fourth-order valence-electron chi connectivity index (χ4n) is 1.63. The summed E-state index contributed by atoms with van der Waals surface area (Å²) in [5.41, 5.74) is 1.68. The number of benzene rings is 2. The minimum Gasteiger partial charge on any atom is -0.479 e. The molecule has 0 aromatic heterocycles. The fourth-order valence-corrected chi connectivity index (χ4v) is 1.75. The Balaban J connectivity index is 1.93. The molecule has 0 spiro atoms. The Hall–Kier alpha value is -2.25. The lowest BCUT2D eigenvalue weighted by Crippen LogP contribution is -2.00. The van der Waals surface area contributed by atoms with E-state index >= 15 is 0 Å². The maximum absolute atomic E-state index is 13.3. The van der Waals surface area contributed by atoms with Crippen LogP contribution in [0.2, 0.25) is 5.02 Å². The Morgan fingerprint density at radius 3 is 2.60 bits per heavy atom. The van der Waals surface area contributed by atoms with E-state index in [1.54, 1.807) is 18.2 Å². The van der Waals surface area contributed by atoms with Gasteiger partial charge in [0, 0.05) is 12.2 Å². The molecule has 0 saturated heterocycles. The molecular weight excluding hydrogens is 279 g/mol. The normalized spacial score (nSPS) is 9.85. The molecule has 0 bridgehead atoms. The van der Waals surface area contributed by atoms with Gasteiger partial charge in [-0.1, -0.05) is 23.7 Å². The van der Waals surface area contributed by atoms with Crippen molar-refractivity contribution in [1.82, 2.24) is 0 Å². The number of ether oxygens (including phenoxy) is 1. The zero-order chi connectivity index (χ0) is 14.4. The van der Waals surface area contributed by atoms with E-state index in [2.05, 4.69) is 5.32 Å². The number of rotatable bonds is 5. The van der Waals surface area contributed by atoms with Crippen LogP contribution in [-0.2, 0) is 6.54 Å². The van der Waals surface area contributed by atoms with E-state index in [4.69, 9.17) is 21.6 Å². The van der Waals surface area contributed by atoms with Crippen molar-refractivity contribution in [1.29, 1.82) is 5.26 Å². The zero-order valence-corrected chi connectivity index (χ0v) is 11.3. The summed E-state index contributed by atoms with van der Waals surface area (Å²) in [6.07, 6.45) is 0. The van der Waals surface area contributed by atoms with Crippen LogP contribution in [0, 0.1) is 17.1 Å². The van der Waals surface area contributed by atoms with E-state index in [-0.39, 0.29) is 11.6 Å². The molecule has 2 aromatic rings. The summed E-state index contributed by atoms with van der Waals surface area (Å²) < 4.78 is 18.4. The lowest BCUT2D eigenvalue weighted by atomic mass is 10.2. The topological polar surface area (TPSA) is 45.0 Å². The van der Waals surface area contributed by atoms with Crippen LogP contribution >= 0.6 is 11.6 Å². The van der Waals surface area contributed by atoms with Gasteiger partial charge in [0.25, 0.3) is 0 Å². The van der Waals surface area contributed by atoms with Gasteiger partial charge in [-0.2, -0.15) is 5.26 Å². The molecule has 0 amide bonds. The van der Waals surface area contributed by atoms with Crippen LogP contribution in [0.1, 0.15) is 5.56 Å². The average Bonchev–Trinajstić information content (AvgIpc) is 2.47. The minimum atomic E-state index is -0.447. The molecule has 0 aliphatic carbocycles. The van der Waals surface area contributed by atoms with Crippen LogP contribution in [0.5, 0.6) is 5.75 Å². The number of nitrogens with one attached hydrogen (secondary N) is 1. The van der Waals surface area contributed by atoms with E-state index in [0.717, 1.165) is 5.56 Å². The van der Waals surface area contributed by atoms with Crippen LogP contribution in [0.4, 0.5) is 10.1 Å². The van der Waals surface area contributed by atoms with E-state index in [9.17, 15) is 4.39 Å². The van der Waals surface area contributed by atoms with Crippen LogP contribution in [0.25, 0.3) is 0 Å². The Labute approximate surface area is 121 Å². The second-order valence-electron chi connectivity index (χ2n) is 4.07. The van der Waals surface area contributed by atoms with Gasteiger partial charge >= 0.3 is 0 Å². The molecule has 0 saturated carbocycles.